The summed E-state index contributed by atoms with van der Waals surface area (Å²) in [7, 11) is 0. The number of hydrogen-bond donors (Lipinski definition) is 0. The van der Waals surface area contributed by atoms with Crippen LogP contribution < -0.4 is 0 Å². The van der Waals surface area contributed by atoms with Crippen molar-refractivity contribution in [2.45, 2.75) is 19.3 Å². The van der Waals surface area contributed by atoms with Gasteiger partial charge >= 0.3 is 0 Å². The Hall–Kier alpha value is -6.18. The molecular weight excluding hydrogens is 573 g/mol. The minimum Gasteiger partial charge on any atom is -0.238 e. The van der Waals surface area contributed by atoms with Gasteiger partial charge in [0.25, 0.3) is 0 Å². The molecule has 0 N–H and O–H groups in total. The van der Waals surface area contributed by atoms with E-state index in [1.165, 1.54) is 22.3 Å². The zero-order valence-electron chi connectivity index (χ0n) is 26.1. The predicted octanol–water partition coefficient (Wildman–Crippen LogP) is 11.1. The average Bonchev–Trinajstić information content (AvgIpc) is 3.37. The Morgan fingerprint density at radius 3 is 1.62 bits per heavy atom. The second-order valence-electron chi connectivity index (χ2n) is 12.4. The molecule has 0 amide bonds. The molecule has 0 saturated heterocycles. The van der Waals surface area contributed by atoms with E-state index in [2.05, 4.69) is 116 Å². The lowest BCUT2D eigenvalue weighted by Crippen LogP contribution is -2.14. The van der Waals surface area contributed by atoms with Gasteiger partial charge in [-0.2, -0.15) is 0 Å². The van der Waals surface area contributed by atoms with Gasteiger partial charge in [0.15, 0.2) is 23.2 Å². The molecule has 0 radical (unpaired) electrons. The van der Waals surface area contributed by atoms with Gasteiger partial charge in [-0.3, -0.25) is 0 Å². The summed E-state index contributed by atoms with van der Waals surface area (Å²) < 4.78 is 0. The lowest BCUT2D eigenvalue weighted by molar-refractivity contribution is 0.661. The number of fused-ring (bicyclic) bond motifs is 3. The monoisotopic (exact) mass is 602 g/mol. The highest BCUT2D eigenvalue weighted by Gasteiger charge is 2.35. The second kappa shape index (κ2) is 11.3. The third kappa shape index (κ3) is 5.09. The fourth-order valence-electron chi connectivity index (χ4n) is 6.62. The maximum Gasteiger partial charge on any atom is 0.187 e. The van der Waals surface area contributed by atoms with E-state index in [1.54, 1.807) is 0 Å². The summed E-state index contributed by atoms with van der Waals surface area (Å²) in [4.78, 5) is 18.5. The smallest absolute Gasteiger partial charge is 0.187 e. The van der Waals surface area contributed by atoms with Crippen molar-refractivity contribution in [2.75, 3.05) is 0 Å². The van der Waals surface area contributed by atoms with E-state index in [0.717, 1.165) is 38.9 Å². The molecule has 1 aliphatic carbocycles. The summed E-state index contributed by atoms with van der Waals surface area (Å²) >= 11 is 0. The van der Waals surface area contributed by atoms with E-state index in [-0.39, 0.29) is 5.41 Å². The molecule has 222 valence electrons. The molecule has 0 atom stereocenters. The van der Waals surface area contributed by atoms with Crippen LogP contribution in [0.1, 0.15) is 25.0 Å². The number of nitrogens with zero attached hydrogens (tertiary/aromatic N) is 4. The number of benzene rings is 6. The first-order valence-electron chi connectivity index (χ1n) is 15.7. The Morgan fingerprint density at radius 1 is 0.426 bits per heavy atom. The predicted molar refractivity (Wildman–Crippen MR) is 191 cm³/mol. The van der Waals surface area contributed by atoms with E-state index in [1.807, 2.05) is 48.5 Å². The molecule has 1 heterocycles. The molecule has 0 aliphatic heterocycles. The molecule has 1 aromatic heterocycles. The van der Waals surface area contributed by atoms with E-state index in [4.69, 9.17) is 21.5 Å². The van der Waals surface area contributed by atoms with Gasteiger partial charge in [-0.15, -0.1) is 0 Å². The van der Waals surface area contributed by atoms with Crippen LogP contribution in [0.15, 0.2) is 146 Å². The standard InChI is InChI=1S/C43H30N4/c1-43(2)38-24-21-33(26-37(38)36-23-22-35(44-3)27-39(36)43)29-17-19-31(20-18-29)41-45-40(30-13-8-5-9-14-30)46-42(47-41)34-16-10-15-32(25-34)28-11-6-4-7-12-28/h4-27H,1-2H3. The van der Waals surface area contributed by atoms with Crippen LogP contribution in [0.3, 0.4) is 0 Å². The zero-order valence-corrected chi connectivity index (χ0v) is 26.1. The van der Waals surface area contributed by atoms with E-state index in [0.29, 0.717) is 23.2 Å². The topological polar surface area (TPSA) is 43.0 Å². The summed E-state index contributed by atoms with van der Waals surface area (Å²) in [5.41, 5.74) is 12.8. The Labute approximate surface area is 274 Å². The summed E-state index contributed by atoms with van der Waals surface area (Å²) in [5, 5.41) is 0. The van der Waals surface area contributed by atoms with Crippen molar-refractivity contribution in [3.05, 3.63) is 168 Å². The van der Waals surface area contributed by atoms with Crippen molar-refractivity contribution in [1.82, 2.24) is 15.0 Å². The van der Waals surface area contributed by atoms with Crippen LogP contribution in [0, 0.1) is 6.57 Å². The van der Waals surface area contributed by atoms with Crippen LogP contribution >= 0.6 is 0 Å². The Morgan fingerprint density at radius 2 is 0.936 bits per heavy atom. The molecule has 47 heavy (non-hydrogen) atoms. The molecule has 1 aliphatic rings. The summed E-state index contributed by atoms with van der Waals surface area (Å²) in [6, 6.07) is 50.0. The SMILES string of the molecule is [C-]#[N+]c1ccc2c(c1)C(C)(C)c1ccc(-c3ccc(-c4nc(-c5ccccc5)nc(-c5cccc(-c6ccccc6)c5)n4)cc3)cc1-2. The Bertz CT molecular complexity index is 2320. The van der Waals surface area contributed by atoms with Gasteiger partial charge in [0.1, 0.15) is 0 Å². The highest BCUT2D eigenvalue weighted by Crippen LogP contribution is 2.50. The van der Waals surface area contributed by atoms with Gasteiger partial charge in [-0.25, -0.2) is 19.8 Å². The highest BCUT2D eigenvalue weighted by molar-refractivity contribution is 5.86. The van der Waals surface area contributed by atoms with Crippen LogP contribution in [-0.4, -0.2) is 15.0 Å². The van der Waals surface area contributed by atoms with Crippen molar-refractivity contribution in [2.24, 2.45) is 0 Å². The van der Waals surface area contributed by atoms with Crippen molar-refractivity contribution in [1.29, 1.82) is 0 Å². The van der Waals surface area contributed by atoms with Crippen molar-refractivity contribution in [3.8, 4) is 67.5 Å². The van der Waals surface area contributed by atoms with Crippen LogP contribution in [0.25, 0.3) is 72.4 Å². The summed E-state index contributed by atoms with van der Waals surface area (Å²) in [6.45, 7) is 12.0. The molecule has 8 rings (SSSR count). The zero-order chi connectivity index (χ0) is 32.0. The quantitative estimate of drug-likeness (QED) is 0.184. The highest BCUT2D eigenvalue weighted by atomic mass is 15.0. The first kappa shape index (κ1) is 28.3. The molecule has 6 aromatic carbocycles. The van der Waals surface area contributed by atoms with Gasteiger partial charge in [0.2, 0.25) is 0 Å². The van der Waals surface area contributed by atoms with Gasteiger partial charge < -0.3 is 0 Å². The third-order valence-electron chi connectivity index (χ3n) is 9.16. The van der Waals surface area contributed by atoms with Gasteiger partial charge in [0.05, 0.1) is 6.57 Å². The lowest BCUT2D eigenvalue weighted by atomic mass is 9.82. The average molecular weight is 603 g/mol. The molecule has 0 fully saturated rings. The van der Waals surface area contributed by atoms with E-state index < -0.39 is 0 Å². The minimum absolute atomic E-state index is 0.152. The van der Waals surface area contributed by atoms with E-state index >= 15 is 0 Å². The lowest BCUT2D eigenvalue weighted by Gasteiger charge is -2.21. The molecule has 0 bridgehead atoms. The third-order valence-corrected chi connectivity index (χ3v) is 9.16. The fourth-order valence-corrected chi connectivity index (χ4v) is 6.62. The first-order valence-corrected chi connectivity index (χ1v) is 15.7. The molecule has 0 spiro atoms. The van der Waals surface area contributed by atoms with Crippen LogP contribution in [0.5, 0.6) is 0 Å². The van der Waals surface area contributed by atoms with Crippen molar-refractivity contribution in [3.63, 3.8) is 0 Å². The molecule has 0 unspecified atom stereocenters. The first-order chi connectivity index (χ1) is 23.0. The summed E-state index contributed by atoms with van der Waals surface area (Å²) in [6.07, 6.45) is 0. The maximum atomic E-state index is 7.49. The normalized spacial score (nSPS) is 12.6. The fraction of sp³-hybridized carbons (Fsp3) is 0.0698. The molecule has 4 heteroatoms. The van der Waals surface area contributed by atoms with Gasteiger partial charge in [0, 0.05) is 22.1 Å². The van der Waals surface area contributed by atoms with Crippen molar-refractivity contribution >= 4 is 5.69 Å². The second-order valence-corrected chi connectivity index (χ2v) is 12.4. The molecule has 4 nitrogen and oxygen atoms in total. The largest absolute Gasteiger partial charge is 0.238 e. The van der Waals surface area contributed by atoms with Crippen LogP contribution in [-0.2, 0) is 5.41 Å². The summed E-state index contributed by atoms with van der Waals surface area (Å²) in [5.74, 6) is 1.91. The number of hydrogen-bond acceptors (Lipinski definition) is 3. The molecular formula is C43H30N4. The van der Waals surface area contributed by atoms with Crippen LogP contribution in [0.4, 0.5) is 5.69 Å². The molecule has 0 saturated carbocycles. The maximum absolute atomic E-state index is 7.49. The minimum atomic E-state index is -0.152. The number of aromatic nitrogens is 3. The Kier molecular flexibility index (Phi) is 6.82. The van der Waals surface area contributed by atoms with Gasteiger partial charge in [-0.1, -0.05) is 147 Å². The molecule has 7 aromatic rings. The van der Waals surface area contributed by atoms with E-state index in [9.17, 15) is 0 Å². The van der Waals surface area contributed by atoms with Crippen molar-refractivity contribution < 1.29 is 0 Å². The Balaban J connectivity index is 1.18. The van der Waals surface area contributed by atoms with Crippen LogP contribution in [0.2, 0.25) is 0 Å². The number of rotatable bonds is 5. The van der Waals surface area contributed by atoms with Gasteiger partial charge in [-0.05, 0) is 56.6 Å².